The van der Waals surface area contributed by atoms with Crippen molar-refractivity contribution < 1.29 is 9.53 Å². The molecule has 0 amide bonds. The maximum Gasteiger partial charge on any atom is 0.208 e. The van der Waals surface area contributed by atoms with Crippen molar-refractivity contribution in [1.82, 2.24) is 15.2 Å². The number of benzene rings is 1. The van der Waals surface area contributed by atoms with E-state index in [-0.39, 0.29) is 11.5 Å². The van der Waals surface area contributed by atoms with Gasteiger partial charge in [0.25, 0.3) is 0 Å². The number of thioether (sulfide) groups is 1. The number of aryl methyl sites for hydroxylation is 2. The molecule has 0 unspecified atom stereocenters. The first-order valence-corrected chi connectivity index (χ1v) is 6.78. The molecule has 0 fully saturated rings. The third-order valence-electron chi connectivity index (χ3n) is 2.57. The van der Waals surface area contributed by atoms with Crippen molar-refractivity contribution in [2.45, 2.75) is 19.0 Å². The molecular weight excluding hydrogens is 262 g/mol. The number of rotatable bonds is 5. The van der Waals surface area contributed by atoms with Gasteiger partial charge in [-0.2, -0.15) is 0 Å². The molecule has 0 saturated heterocycles. The third-order valence-corrected chi connectivity index (χ3v) is 3.41. The number of carbonyl (C=O) groups excluding carboxylic acids is 1. The lowest BCUT2D eigenvalue weighted by atomic mass is 10.1. The molecule has 1 N–H and O–H groups in total. The van der Waals surface area contributed by atoms with Gasteiger partial charge >= 0.3 is 0 Å². The number of nitrogens with zero attached hydrogens (tertiary/aromatic N) is 2. The highest BCUT2D eigenvalue weighted by molar-refractivity contribution is 7.99. The molecule has 100 valence electrons. The summed E-state index contributed by atoms with van der Waals surface area (Å²) in [5.74, 6) is 1.64. The van der Waals surface area contributed by atoms with Crippen LogP contribution in [0.2, 0.25) is 0 Å². The molecule has 1 aromatic heterocycles. The standard InChI is InChI=1S/C13H15N3O2S/c1-8-4-5-10(12(6-8)18-3)11(17)7-19-13-14-9(2)15-16-13/h4-6H,7H2,1-3H3,(H,14,15,16). The number of aromatic amines is 1. The van der Waals surface area contributed by atoms with Crippen molar-refractivity contribution in [1.29, 1.82) is 0 Å². The van der Waals surface area contributed by atoms with Gasteiger partial charge in [0.1, 0.15) is 11.6 Å². The average molecular weight is 277 g/mol. The first-order chi connectivity index (χ1) is 9.10. The number of Topliss-reactive ketones (excluding diaryl/α,β-unsaturated/α-hetero) is 1. The topological polar surface area (TPSA) is 67.9 Å². The van der Waals surface area contributed by atoms with E-state index >= 15 is 0 Å². The Labute approximate surface area is 115 Å². The lowest BCUT2D eigenvalue weighted by Gasteiger charge is -2.07. The van der Waals surface area contributed by atoms with E-state index in [4.69, 9.17) is 4.74 Å². The van der Waals surface area contributed by atoms with Crippen molar-refractivity contribution in [3.05, 3.63) is 35.2 Å². The predicted molar refractivity (Wildman–Crippen MR) is 73.9 cm³/mol. The van der Waals surface area contributed by atoms with E-state index in [1.165, 1.54) is 11.8 Å². The molecule has 0 saturated carbocycles. The number of methoxy groups -OCH3 is 1. The van der Waals surface area contributed by atoms with Gasteiger partial charge in [-0.15, -0.1) is 5.10 Å². The molecule has 1 aromatic carbocycles. The minimum atomic E-state index is 0.00398. The van der Waals surface area contributed by atoms with E-state index < -0.39 is 0 Å². The molecule has 2 aromatic rings. The molecule has 0 aliphatic carbocycles. The number of ether oxygens (including phenoxy) is 1. The van der Waals surface area contributed by atoms with Crippen molar-refractivity contribution >= 4 is 17.5 Å². The van der Waals surface area contributed by atoms with Crippen molar-refractivity contribution in [3.8, 4) is 5.75 Å². The van der Waals surface area contributed by atoms with Crippen LogP contribution in [-0.4, -0.2) is 33.8 Å². The number of carbonyl (C=O) groups is 1. The summed E-state index contributed by atoms with van der Waals surface area (Å²) in [5.41, 5.74) is 1.65. The molecule has 19 heavy (non-hydrogen) atoms. The number of hydrogen-bond acceptors (Lipinski definition) is 5. The van der Waals surface area contributed by atoms with E-state index in [0.717, 1.165) is 11.4 Å². The fraction of sp³-hybridized carbons (Fsp3) is 0.308. The summed E-state index contributed by atoms with van der Waals surface area (Å²) in [5, 5.41) is 7.31. The fourth-order valence-electron chi connectivity index (χ4n) is 1.62. The first-order valence-electron chi connectivity index (χ1n) is 5.80. The summed E-state index contributed by atoms with van der Waals surface area (Å²) in [6.07, 6.45) is 0. The number of nitrogens with one attached hydrogen (secondary N) is 1. The zero-order chi connectivity index (χ0) is 13.8. The largest absolute Gasteiger partial charge is 0.496 e. The highest BCUT2D eigenvalue weighted by Gasteiger charge is 2.13. The Morgan fingerprint density at radius 2 is 2.21 bits per heavy atom. The summed E-state index contributed by atoms with van der Waals surface area (Å²) in [4.78, 5) is 16.3. The van der Waals surface area contributed by atoms with Gasteiger partial charge in [-0.3, -0.25) is 9.89 Å². The quantitative estimate of drug-likeness (QED) is 0.671. The summed E-state index contributed by atoms with van der Waals surface area (Å²) < 4.78 is 5.24. The van der Waals surface area contributed by atoms with Crippen LogP contribution in [0.4, 0.5) is 0 Å². The smallest absolute Gasteiger partial charge is 0.208 e. The van der Waals surface area contributed by atoms with Crippen LogP contribution < -0.4 is 4.74 Å². The van der Waals surface area contributed by atoms with Crippen LogP contribution in [0.5, 0.6) is 5.75 Å². The van der Waals surface area contributed by atoms with Crippen LogP contribution in [0.1, 0.15) is 21.7 Å². The second kappa shape index (κ2) is 5.88. The highest BCUT2D eigenvalue weighted by Crippen LogP contribution is 2.23. The molecule has 0 atom stereocenters. The van der Waals surface area contributed by atoms with Gasteiger partial charge < -0.3 is 4.74 Å². The van der Waals surface area contributed by atoms with Crippen LogP contribution >= 0.6 is 11.8 Å². The molecule has 0 aliphatic rings. The Morgan fingerprint density at radius 3 is 2.84 bits per heavy atom. The minimum Gasteiger partial charge on any atom is -0.496 e. The lowest BCUT2D eigenvalue weighted by Crippen LogP contribution is -2.05. The second-order valence-corrected chi connectivity index (χ2v) is 5.06. The van der Waals surface area contributed by atoms with Crippen LogP contribution in [0.15, 0.2) is 23.4 Å². The summed E-state index contributed by atoms with van der Waals surface area (Å²) in [6.45, 7) is 3.78. The molecular formula is C13H15N3O2S. The molecule has 0 bridgehead atoms. The molecule has 5 nitrogen and oxygen atoms in total. The Morgan fingerprint density at radius 1 is 1.42 bits per heavy atom. The number of H-pyrrole nitrogens is 1. The molecule has 0 radical (unpaired) electrons. The van der Waals surface area contributed by atoms with E-state index in [1.807, 2.05) is 26.0 Å². The SMILES string of the molecule is COc1cc(C)ccc1C(=O)CSc1n[nH]c(C)n1. The summed E-state index contributed by atoms with van der Waals surface area (Å²) in [7, 11) is 1.57. The number of ketones is 1. The predicted octanol–water partition coefficient (Wildman–Crippen LogP) is 2.41. The summed E-state index contributed by atoms with van der Waals surface area (Å²) in [6, 6.07) is 5.55. The van der Waals surface area contributed by atoms with Crippen LogP contribution in [0.3, 0.4) is 0 Å². The summed E-state index contributed by atoms with van der Waals surface area (Å²) >= 11 is 1.31. The zero-order valence-electron chi connectivity index (χ0n) is 11.1. The Bertz CT molecular complexity index is 595. The molecule has 6 heteroatoms. The molecule has 0 spiro atoms. The van der Waals surface area contributed by atoms with E-state index in [9.17, 15) is 4.79 Å². The number of aromatic nitrogens is 3. The Hall–Kier alpha value is -1.82. The van der Waals surface area contributed by atoms with Gasteiger partial charge in [-0.05, 0) is 31.5 Å². The van der Waals surface area contributed by atoms with Gasteiger partial charge in [0.15, 0.2) is 5.78 Å². The van der Waals surface area contributed by atoms with Crippen molar-refractivity contribution in [3.63, 3.8) is 0 Å². The van der Waals surface area contributed by atoms with Crippen molar-refractivity contribution in [2.24, 2.45) is 0 Å². The number of hydrogen-bond donors (Lipinski definition) is 1. The van der Waals surface area contributed by atoms with E-state index in [0.29, 0.717) is 16.5 Å². The van der Waals surface area contributed by atoms with Gasteiger partial charge in [0, 0.05) is 0 Å². The molecule has 2 rings (SSSR count). The Balaban J connectivity index is 2.07. The van der Waals surface area contributed by atoms with Gasteiger partial charge in [-0.1, -0.05) is 17.8 Å². The lowest BCUT2D eigenvalue weighted by molar-refractivity contribution is 0.101. The molecule has 1 heterocycles. The fourth-order valence-corrected chi connectivity index (χ4v) is 2.35. The maximum atomic E-state index is 12.1. The van der Waals surface area contributed by atoms with Crippen LogP contribution in [0.25, 0.3) is 0 Å². The monoisotopic (exact) mass is 277 g/mol. The van der Waals surface area contributed by atoms with Crippen LogP contribution in [0, 0.1) is 13.8 Å². The first kappa shape index (κ1) is 13.6. The van der Waals surface area contributed by atoms with Gasteiger partial charge in [0.2, 0.25) is 5.16 Å². The van der Waals surface area contributed by atoms with E-state index in [1.54, 1.807) is 13.2 Å². The third kappa shape index (κ3) is 3.35. The van der Waals surface area contributed by atoms with Gasteiger partial charge in [0.05, 0.1) is 18.4 Å². The minimum absolute atomic E-state index is 0.00398. The van der Waals surface area contributed by atoms with Crippen LogP contribution in [-0.2, 0) is 0 Å². The maximum absolute atomic E-state index is 12.1. The normalized spacial score (nSPS) is 10.5. The van der Waals surface area contributed by atoms with E-state index in [2.05, 4.69) is 15.2 Å². The second-order valence-electron chi connectivity index (χ2n) is 4.12. The zero-order valence-corrected chi connectivity index (χ0v) is 11.9. The van der Waals surface area contributed by atoms with Gasteiger partial charge in [-0.25, -0.2) is 4.98 Å². The highest BCUT2D eigenvalue weighted by atomic mass is 32.2. The molecule has 0 aliphatic heterocycles. The average Bonchev–Trinajstić information content (AvgIpc) is 2.81. The Kier molecular flexibility index (Phi) is 4.21. The van der Waals surface area contributed by atoms with Crippen molar-refractivity contribution in [2.75, 3.05) is 12.9 Å².